The summed E-state index contributed by atoms with van der Waals surface area (Å²) in [4.78, 5) is 2.92. The van der Waals surface area contributed by atoms with Gasteiger partial charge < -0.3 is 5.32 Å². The quantitative estimate of drug-likeness (QED) is 0.820. The molecule has 3 aliphatic rings. The number of rotatable bonds is 2. The molecule has 2 heteroatoms. The molecule has 1 spiro atoms. The zero-order chi connectivity index (χ0) is 13.3. The highest BCUT2D eigenvalue weighted by Crippen LogP contribution is 2.37. The standard InChI is InChI=1S/C17H32N2/c1-3-15-12-18-17(9-5-4-6-10-17)13-19(15)16-8-7-14(2)11-16/h14-16,18H,3-13H2,1-2H3. The Morgan fingerprint density at radius 1 is 1.16 bits per heavy atom. The third kappa shape index (κ3) is 2.85. The number of hydrogen-bond acceptors (Lipinski definition) is 2. The molecule has 0 radical (unpaired) electrons. The van der Waals surface area contributed by atoms with Crippen molar-refractivity contribution in [3.8, 4) is 0 Å². The van der Waals surface area contributed by atoms with Crippen molar-refractivity contribution in [2.45, 2.75) is 89.3 Å². The largest absolute Gasteiger partial charge is 0.308 e. The van der Waals surface area contributed by atoms with Gasteiger partial charge in [-0.3, -0.25) is 4.90 Å². The Bertz CT molecular complexity index is 296. The Hall–Kier alpha value is -0.0800. The molecule has 0 amide bonds. The lowest BCUT2D eigenvalue weighted by Crippen LogP contribution is -2.66. The van der Waals surface area contributed by atoms with Crippen molar-refractivity contribution in [3.05, 3.63) is 0 Å². The minimum absolute atomic E-state index is 0.482. The first-order valence-electron chi connectivity index (χ1n) is 8.73. The first kappa shape index (κ1) is 13.9. The van der Waals surface area contributed by atoms with E-state index in [0.29, 0.717) is 5.54 Å². The van der Waals surface area contributed by atoms with E-state index in [0.717, 1.165) is 18.0 Å². The van der Waals surface area contributed by atoms with Gasteiger partial charge in [0.25, 0.3) is 0 Å². The zero-order valence-corrected chi connectivity index (χ0v) is 13.0. The predicted molar refractivity (Wildman–Crippen MR) is 81.4 cm³/mol. The van der Waals surface area contributed by atoms with Crippen LogP contribution in [0.3, 0.4) is 0 Å². The molecular formula is C17H32N2. The van der Waals surface area contributed by atoms with Crippen LogP contribution >= 0.6 is 0 Å². The molecule has 3 unspecified atom stereocenters. The van der Waals surface area contributed by atoms with Crippen LogP contribution in [0.5, 0.6) is 0 Å². The van der Waals surface area contributed by atoms with E-state index < -0.39 is 0 Å². The fourth-order valence-corrected chi connectivity index (χ4v) is 4.83. The van der Waals surface area contributed by atoms with Crippen LogP contribution in [0.15, 0.2) is 0 Å². The van der Waals surface area contributed by atoms with Crippen LogP contribution in [0, 0.1) is 5.92 Å². The van der Waals surface area contributed by atoms with Crippen molar-refractivity contribution >= 4 is 0 Å². The molecule has 0 aromatic heterocycles. The molecule has 19 heavy (non-hydrogen) atoms. The number of nitrogens with zero attached hydrogens (tertiary/aromatic N) is 1. The minimum Gasteiger partial charge on any atom is -0.308 e. The molecular weight excluding hydrogens is 232 g/mol. The van der Waals surface area contributed by atoms with Crippen LogP contribution in [0.1, 0.15) is 71.6 Å². The average Bonchev–Trinajstić information content (AvgIpc) is 2.86. The molecule has 110 valence electrons. The third-order valence-electron chi connectivity index (χ3n) is 6.09. The average molecular weight is 264 g/mol. The van der Waals surface area contributed by atoms with Crippen molar-refractivity contribution in [3.63, 3.8) is 0 Å². The molecule has 1 N–H and O–H groups in total. The fraction of sp³-hybridized carbons (Fsp3) is 1.00. The van der Waals surface area contributed by atoms with Gasteiger partial charge in [-0.05, 0) is 44.4 Å². The van der Waals surface area contributed by atoms with Crippen LogP contribution in [-0.4, -0.2) is 35.6 Å². The van der Waals surface area contributed by atoms with E-state index in [-0.39, 0.29) is 0 Å². The van der Waals surface area contributed by atoms with Crippen molar-refractivity contribution < 1.29 is 0 Å². The molecule has 0 aromatic rings. The molecule has 0 aromatic carbocycles. The SMILES string of the molecule is CCC1CNC2(CCCCC2)CN1C1CCC(C)C1. The van der Waals surface area contributed by atoms with E-state index >= 15 is 0 Å². The molecule has 2 nitrogen and oxygen atoms in total. The zero-order valence-electron chi connectivity index (χ0n) is 13.0. The monoisotopic (exact) mass is 264 g/mol. The summed E-state index contributed by atoms with van der Waals surface area (Å²) in [5, 5.41) is 3.96. The molecule has 3 rings (SSSR count). The van der Waals surface area contributed by atoms with Crippen LogP contribution in [0.2, 0.25) is 0 Å². The molecule has 2 aliphatic carbocycles. The number of nitrogens with one attached hydrogen (secondary N) is 1. The second-order valence-electron chi connectivity index (χ2n) is 7.53. The number of hydrogen-bond donors (Lipinski definition) is 1. The fourth-order valence-electron chi connectivity index (χ4n) is 4.83. The maximum Gasteiger partial charge on any atom is 0.0309 e. The molecule has 2 saturated carbocycles. The van der Waals surface area contributed by atoms with Gasteiger partial charge in [-0.15, -0.1) is 0 Å². The maximum atomic E-state index is 3.96. The van der Waals surface area contributed by atoms with E-state index in [1.165, 1.54) is 70.9 Å². The van der Waals surface area contributed by atoms with E-state index in [1.54, 1.807) is 0 Å². The lowest BCUT2D eigenvalue weighted by molar-refractivity contribution is 0.0232. The Balaban J connectivity index is 1.70. The number of piperazine rings is 1. The second kappa shape index (κ2) is 5.73. The van der Waals surface area contributed by atoms with Gasteiger partial charge in [0, 0.05) is 30.7 Å². The van der Waals surface area contributed by atoms with Crippen molar-refractivity contribution in [2.75, 3.05) is 13.1 Å². The third-order valence-corrected chi connectivity index (χ3v) is 6.09. The lowest BCUT2D eigenvalue weighted by Gasteiger charge is -2.51. The van der Waals surface area contributed by atoms with Crippen LogP contribution < -0.4 is 5.32 Å². The van der Waals surface area contributed by atoms with Crippen LogP contribution in [0.25, 0.3) is 0 Å². The van der Waals surface area contributed by atoms with E-state index in [9.17, 15) is 0 Å². The lowest BCUT2D eigenvalue weighted by atomic mass is 9.78. The second-order valence-corrected chi connectivity index (χ2v) is 7.53. The van der Waals surface area contributed by atoms with Gasteiger partial charge in [0.2, 0.25) is 0 Å². The van der Waals surface area contributed by atoms with Crippen molar-refractivity contribution in [2.24, 2.45) is 5.92 Å². The van der Waals surface area contributed by atoms with Gasteiger partial charge in [0.15, 0.2) is 0 Å². The first-order valence-corrected chi connectivity index (χ1v) is 8.73. The summed E-state index contributed by atoms with van der Waals surface area (Å²) < 4.78 is 0. The van der Waals surface area contributed by atoms with E-state index in [2.05, 4.69) is 24.1 Å². The smallest absolute Gasteiger partial charge is 0.0309 e. The Kier molecular flexibility index (Phi) is 4.19. The summed E-state index contributed by atoms with van der Waals surface area (Å²) in [6.45, 7) is 7.39. The topological polar surface area (TPSA) is 15.3 Å². The van der Waals surface area contributed by atoms with Crippen LogP contribution in [0.4, 0.5) is 0 Å². The molecule has 0 bridgehead atoms. The maximum absolute atomic E-state index is 3.96. The Labute approximate surface area is 119 Å². The molecule has 1 saturated heterocycles. The summed E-state index contributed by atoms with van der Waals surface area (Å²) in [5.74, 6) is 0.958. The summed E-state index contributed by atoms with van der Waals surface area (Å²) in [5.41, 5.74) is 0.482. The summed E-state index contributed by atoms with van der Waals surface area (Å²) in [6, 6.07) is 1.68. The molecule has 3 atom stereocenters. The summed E-state index contributed by atoms with van der Waals surface area (Å²) in [7, 11) is 0. The van der Waals surface area contributed by atoms with E-state index in [1.807, 2.05) is 0 Å². The molecule has 1 heterocycles. The van der Waals surface area contributed by atoms with Gasteiger partial charge in [0.1, 0.15) is 0 Å². The normalized spacial score (nSPS) is 39.8. The van der Waals surface area contributed by atoms with Crippen molar-refractivity contribution in [1.29, 1.82) is 0 Å². The van der Waals surface area contributed by atoms with Gasteiger partial charge in [0.05, 0.1) is 0 Å². The van der Waals surface area contributed by atoms with Gasteiger partial charge in [-0.25, -0.2) is 0 Å². The van der Waals surface area contributed by atoms with Gasteiger partial charge in [-0.1, -0.05) is 33.1 Å². The first-order chi connectivity index (χ1) is 9.22. The van der Waals surface area contributed by atoms with Crippen LogP contribution in [-0.2, 0) is 0 Å². The minimum atomic E-state index is 0.482. The highest BCUT2D eigenvalue weighted by Gasteiger charge is 2.42. The van der Waals surface area contributed by atoms with Crippen molar-refractivity contribution in [1.82, 2.24) is 10.2 Å². The summed E-state index contributed by atoms with van der Waals surface area (Å²) in [6.07, 6.45) is 12.9. The summed E-state index contributed by atoms with van der Waals surface area (Å²) >= 11 is 0. The predicted octanol–water partition coefficient (Wildman–Crippen LogP) is 3.56. The highest BCUT2D eigenvalue weighted by molar-refractivity contribution is 5.01. The van der Waals surface area contributed by atoms with Gasteiger partial charge >= 0.3 is 0 Å². The van der Waals surface area contributed by atoms with E-state index in [4.69, 9.17) is 0 Å². The molecule has 3 fully saturated rings. The highest BCUT2D eigenvalue weighted by atomic mass is 15.3. The molecule has 1 aliphatic heterocycles. The Morgan fingerprint density at radius 3 is 2.58 bits per heavy atom. The van der Waals surface area contributed by atoms with Gasteiger partial charge in [-0.2, -0.15) is 0 Å². The Morgan fingerprint density at radius 2 is 1.95 bits per heavy atom.